The van der Waals surface area contributed by atoms with E-state index in [0.717, 1.165) is 24.1 Å². The van der Waals surface area contributed by atoms with Crippen LogP contribution in [0.5, 0.6) is 0 Å². The van der Waals surface area contributed by atoms with Crippen molar-refractivity contribution in [3.05, 3.63) is 59.7 Å². The van der Waals surface area contributed by atoms with Crippen molar-refractivity contribution in [2.45, 2.75) is 26.3 Å². The van der Waals surface area contributed by atoms with Crippen LogP contribution < -0.4 is 9.88 Å². The normalized spacial score (nSPS) is 12.0. The lowest BCUT2D eigenvalue weighted by molar-refractivity contribution is -0.705. The van der Waals surface area contributed by atoms with Crippen LogP contribution in [0.15, 0.2) is 36.7 Å². The van der Waals surface area contributed by atoms with Crippen LogP contribution in [0, 0.1) is 17.5 Å². The summed E-state index contributed by atoms with van der Waals surface area (Å²) in [6, 6.07) is 4.88. The average molecular weight is 309 g/mol. The van der Waals surface area contributed by atoms with E-state index >= 15 is 0 Å². The molecule has 3 nitrogen and oxygen atoms in total. The first-order valence-corrected chi connectivity index (χ1v) is 6.88. The van der Waals surface area contributed by atoms with E-state index < -0.39 is 29.4 Å². The standard InChI is InChI=1S/C16H15F3N2O/c1-3-11-6-8-21(9-7-11)10(2)16(22)20-13-5-4-12(17)14(18)15(13)19/h4-10H,3H2,1-2H3/p+1/t10-/m1/s1. The number of aromatic nitrogens is 1. The quantitative estimate of drug-likeness (QED) is 0.683. The second-order valence-corrected chi connectivity index (χ2v) is 4.90. The Bertz CT molecular complexity index is 687. The van der Waals surface area contributed by atoms with Crippen molar-refractivity contribution in [1.82, 2.24) is 0 Å². The SMILES string of the molecule is CCc1cc[n+]([C@H](C)C(=O)Nc2ccc(F)c(F)c2F)cc1. The average Bonchev–Trinajstić information content (AvgIpc) is 2.54. The van der Waals surface area contributed by atoms with Crippen molar-refractivity contribution in [3.63, 3.8) is 0 Å². The summed E-state index contributed by atoms with van der Waals surface area (Å²) >= 11 is 0. The Balaban J connectivity index is 2.16. The number of aryl methyl sites for hydroxylation is 1. The minimum atomic E-state index is -1.61. The molecule has 1 N–H and O–H groups in total. The molecule has 1 amide bonds. The molecule has 0 fully saturated rings. The molecule has 0 saturated heterocycles. The lowest BCUT2D eigenvalue weighted by Gasteiger charge is -2.10. The number of carbonyl (C=O) groups is 1. The summed E-state index contributed by atoms with van der Waals surface area (Å²) in [4.78, 5) is 12.1. The Morgan fingerprint density at radius 3 is 2.36 bits per heavy atom. The van der Waals surface area contributed by atoms with Crippen LogP contribution in [0.2, 0.25) is 0 Å². The number of benzene rings is 1. The second kappa shape index (κ2) is 6.60. The van der Waals surface area contributed by atoms with Gasteiger partial charge in [-0.15, -0.1) is 0 Å². The van der Waals surface area contributed by atoms with E-state index in [1.165, 1.54) is 0 Å². The maximum absolute atomic E-state index is 13.6. The molecule has 2 rings (SSSR count). The number of hydrogen-bond acceptors (Lipinski definition) is 1. The van der Waals surface area contributed by atoms with Gasteiger partial charge in [0.05, 0.1) is 5.69 Å². The van der Waals surface area contributed by atoms with Gasteiger partial charge in [0.15, 0.2) is 29.8 Å². The molecule has 0 bridgehead atoms. The number of nitrogens with zero attached hydrogens (tertiary/aromatic N) is 1. The monoisotopic (exact) mass is 309 g/mol. The Hall–Kier alpha value is -2.37. The van der Waals surface area contributed by atoms with E-state index in [4.69, 9.17) is 0 Å². The van der Waals surface area contributed by atoms with Crippen LogP contribution in [-0.4, -0.2) is 5.91 Å². The summed E-state index contributed by atoms with van der Waals surface area (Å²) in [5.41, 5.74) is 0.733. The zero-order valence-electron chi connectivity index (χ0n) is 12.2. The molecule has 0 saturated carbocycles. The number of pyridine rings is 1. The van der Waals surface area contributed by atoms with Gasteiger partial charge < -0.3 is 5.32 Å². The summed E-state index contributed by atoms with van der Waals surface area (Å²) in [7, 11) is 0. The molecule has 0 spiro atoms. The van der Waals surface area contributed by atoms with Crippen LogP contribution >= 0.6 is 0 Å². The van der Waals surface area contributed by atoms with E-state index in [9.17, 15) is 18.0 Å². The molecule has 0 unspecified atom stereocenters. The van der Waals surface area contributed by atoms with Gasteiger partial charge in [0, 0.05) is 19.1 Å². The van der Waals surface area contributed by atoms with E-state index in [1.807, 2.05) is 19.1 Å². The Kier molecular flexibility index (Phi) is 4.80. The third-order valence-corrected chi connectivity index (χ3v) is 3.45. The molecule has 0 aliphatic rings. The molecule has 1 heterocycles. The van der Waals surface area contributed by atoms with E-state index in [-0.39, 0.29) is 5.69 Å². The van der Waals surface area contributed by atoms with Crippen molar-refractivity contribution in [1.29, 1.82) is 0 Å². The van der Waals surface area contributed by atoms with Gasteiger partial charge in [-0.3, -0.25) is 4.79 Å². The van der Waals surface area contributed by atoms with E-state index in [2.05, 4.69) is 5.32 Å². The van der Waals surface area contributed by atoms with Crippen molar-refractivity contribution < 1.29 is 22.5 Å². The molecule has 116 valence electrons. The van der Waals surface area contributed by atoms with E-state index in [1.54, 1.807) is 23.9 Å². The zero-order valence-corrected chi connectivity index (χ0v) is 12.2. The van der Waals surface area contributed by atoms with Crippen molar-refractivity contribution in [2.75, 3.05) is 5.32 Å². The predicted octanol–water partition coefficient (Wildman–Crippen LogP) is 3.15. The molecule has 1 atom stereocenters. The molecule has 6 heteroatoms. The minimum Gasteiger partial charge on any atom is -0.318 e. The maximum atomic E-state index is 13.6. The molecule has 1 aromatic carbocycles. The Morgan fingerprint density at radius 2 is 1.77 bits per heavy atom. The fourth-order valence-electron chi connectivity index (χ4n) is 1.96. The summed E-state index contributed by atoms with van der Waals surface area (Å²) in [6.07, 6.45) is 4.36. The topological polar surface area (TPSA) is 33.0 Å². The maximum Gasteiger partial charge on any atom is 0.293 e. The minimum absolute atomic E-state index is 0.387. The molecule has 0 aliphatic carbocycles. The highest BCUT2D eigenvalue weighted by molar-refractivity contribution is 5.92. The number of amides is 1. The third kappa shape index (κ3) is 3.27. The highest BCUT2D eigenvalue weighted by Gasteiger charge is 2.24. The Labute approximate surface area is 126 Å². The smallest absolute Gasteiger partial charge is 0.293 e. The third-order valence-electron chi connectivity index (χ3n) is 3.45. The molecule has 2 aromatic rings. The number of halogens is 3. The number of nitrogens with one attached hydrogen (secondary N) is 1. The largest absolute Gasteiger partial charge is 0.318 e. The van der Waals surface area contributed by atoms with Gasteiger partial charge in [0.2, 0.25) is 6.04 Å². The first kappa shape index (κ1) is 16.0. The van der Waals surface area contributed by atoms with Crippen molar-refractivity contribution >= 4 is 11.6 Å². The second-order valence-electron chi connectivity index (χ2n) is 4.90. The van der Waals surface area contributed by atoms with Crippen molar-refractivity contribution in [3.8, 4) is 0 Å². The summed E-state index contributed by atoms with van der Waals surface area (Å²) in [5.74, 6) is -4.84. The molecule has 22 heavy (non-hydrogen) atoms. The lowest BCUT2D eigenvalue weighted by atomic mass is 10.2. The molecule has 0 aliphatic heterocycles. The number of anilines is 1. The fraction of sp³-hybridized carbons (Fsp3) is 0.250. The predicted molar refractivity (Wildman–Crippen MR) is 75.7 cm³/mol. The fourth-order valence-corrected chi connectivity index (χ4v) is 1.96. The first-order valence-electron chi connectivity index (χ1n) is 6.88. The van der Waals surface area contributed by atoms with Gasteiger partial charge in [0.1, 0.15) is 0 Å². The first-order chi connectivity index (χ1) is 10.4. The van der Waals surface area contributed by atoms with Gasteiger partial charge >= 0.3 is 0 Å². The van der Waals surface area contributed by atoms with Gasteiger partial charge in [0.25, 0.3) is 5.91 Å². The van der Waals surface area contributed by atoms with Crippen LogP contribution in [0.4, 0.5) is 18.9 Å². The van der Waals surface area contributed by atoms with Gasteiger partial charge in [-0.05, 0) is 24.1 Å². The van der Waals surface area contributed by atoms with Crippen LogP contribution in [0.1, 0.15) is 25.5 Å². The molecular formula is C16H16F3N2O+. The highest BCUT2D eigenvalue weighted by atomic mass is 19.2. The number of carbonyl (C=O) groups excluding carboxylic acids is 1. The molecule has 1 aromatic heterocycles. The Morgan fingerprint density at radius 1 is 1.14 bits per heavy atom. The van der Waals surface area contributed by atoms with Gasteiger partial charge in [-0.2, -0.15) is 4.57 Å². The van der Waals surface area contributed by atoms with Crippen LogP contribution in [-0.2, 0) is 11.2 Å². The highest BCUT2D eigenvalue weighted by Crippen LogP contribution is 2.20. The number of rotatable bonds is 4. The summed E-state index contributed by atoms with van der Waals surface area (Å²) < 4.78 is 41.2. The number of hydrogen-bond donors (Lipinski definition) is 1. The lowest BCUT2D eigenvalue weighted by Crippen LogP contribution is -2.44. The van der Waals surface area contributed by atoms with Gasteiger partial charge in [-0.25, -0.2) is 13.2 Å². The molecular weight excluding hydrogens is 293 g/mol. The van der Waals surface area contributed by atoms with Crippen LogP contribution in [0.3, 0.4) is 0 Å². The summed E-state index contributed by atoms with van der Waals surface area (Å²) in [5, 5.41) is 2.26. The van der Waals surface area contributed by atoms with Crippen molar-refractivity contribution in [2.24, 2.45) is 0 Å². The van der Waals surface area contributed by atoms with E-state index in [0.29, 0.717) is 0 Å². The van der Waals surface area contributed by atoms with Gasteiger partial charge in [-0.1, -0.05) is 6.92 Å². The molecule has 0 radical (unpaired) electrons. The zero-order chi connectivity index (χ0) is 16.3. The summed E-state index contributed by atoms with van der Waals surface area (Å²) in [6.45, 7) is 3.64. The van der Waals surface area contributed by atoms with Crippen LogP contribution in [0.25, 0.3) is 0 Å².